The van der Waals surface area contributed by atoms with E-state index in [0.717, 1.165) is 74.9 Å². The summed E-state index contributed by atoms with van der Waals surface area (Å²) in [4.78, 5) is 29.7. The van der Waals surface area contributed by atoms with Crippen molar-refractivity contribution < 1.29 is 13.9 Å². The Morgan fingerprint density at radius 3 is 2.67 bits per heavy atom. The zero-order valence-corrected chi connectivity index (χ0v) is 29.2. The predicted molar refractivity (Wildman–Crippen MR) is 189 cm³/mol. The van der Waals surface area contributed by atoms with Crippen LogP contribution < -0.4 is 15.1 Å². The predicted octanol–water partition coefficient (Wildman–Crippen LogP) is 6.30. The van der Waals surface area contributed by atoms with Gasteiger partial charge in [0, 0.05) is 67.7 Å². The van der Waals surface area contributed by atoms with Crippen LogP contribution in [0.1, 0.15) is 57.9 Å². The number of hydrogen-bond acceptors (Lipinski definition) is 9. The van der Waals surface area contributed by atoms with Crippen LogP contribution in [0.25, 0.3) is 32.9 Å². The molecule has 10 nitrogen and oxygen atoms in total. The van der Waals surface area contributed by atoms with E-state index in [-0.39, 0.29) is 29.0 Å². The van der Waals surface area contributed by atoms with Crippen LogP contribution in [0.15, 0.2) is 24.4 Å². The fraction of sp³-hybridized carbons (Fsp3) is 0.556. The number of hydrogen-bond donors (Lipinski definition) is 2. The van der Waals surface area contributed by atoms with E-state index in [0.29, 0.717) is 46.4 Å². The van der Waals surface area contributed by atoms with Crippen LogP contribution in [-0.4, -0.2) is 90.1 Å². The van der Waals surface area contributed by atoms with Gasteiger partial charge in [0.1, 0.15) is 11.3 Å². The van der Waals surface area contributed by atoms with Gasteiger partial charge in [-0.05, 0) is 44.5 Å². The highest BCUT2D eigenvalue weighted by atomic mass is 35.5. The molecular weight excluding hydrogens is 631 g/mol. The van der Waals surface area contributed by atoms with Gasteiger partial charge >= 0.3 is 5.97 Å². The number of halogens is 2. The number of rotatable bonds is 10. The van der Waals surface area contributed by atoms with E-state index in [2.05, 4.69) is 44.2 Å². The van der Waals surface area contributed by atoms with Crippen molar-refractivity contribution in [2.45, 2.75) is 65.5 Å². The third-order valence-electron chi connectivity index (χ3n) is 10.7. The molecule has 3 saturated heterocycles. The van der Waals surface area contributed by atoms with Crippen LogP contribution in [0.2, 0.25) is 5.02 Å². The van der Waals surface area contributed by atoms with Crippen LogP contribution in [0.4, 0.5) is 16.2 Å². The van der Waals surface area contributed by atoms with Crippen LogP contribution in [0.5, 0.6) is 0 Å². The summed E-state index contributed by atoms with van der Waals surface area (Å²) in [6, 6.07) is 5.71. The maximum atomic E-state index is 17.0. The van der Waals surface area contributed by atoms with Gasteiger partial charge < -0.3 is 19.4 Å². The first kappa shape index (κ1) is 33.0. The molecule has 3 aliphatic heterocycles. The number of benzene rings is 2. The zero-order valence-electron chi connectivity index (χ0n) is 28.4. The van der Waals surface area contributed by atoms with Gasteiger partial charge in [0.2, 0.25) is 5.95 Å². The molecule has 5 heterocycles. The number of anilines is 2. The average molecular weight is 677 g/mol. The zero-order chi connectivity index (χ0) is 33.6. The monoisotopic (exact) mass is 676 g/mol. The van der Waals surface area contributed by atoms with Crippen molar-refractivity contribution in [2.75, 3.05) is 62.7 Å². The highest BCUT2D eigenvalue weighted by molar-refractivity contribution is 6.35. The minimum atomic E-state index is -0.465. The average Bonchev–Trinajstić information content (AvgIpc) is 3.75. The Morgan fingerprint density at radius 2 is 1.92 bits per heavy atom. The summed E-state index contributed by atoms with van der Waals surface area (Å²) >= 11 is 7.00. The summed E-state index contributed by atoms with van der Waals surface area (Å²) in [6.45, 7) is 11.4. The number of piperazine rings is 1. The van der Waals surface area contributed by atoms with Crippen molar-refractivity contribution in [3.63, 3.8) is 0 Å². The number of carbonyl (C=O) groups excluding carboxylic acids is 1. The first-order chi connectivity index (χ1) is 23.2. The molecule has 3 atom stereocenters. The van der Waals surface area contributed by atoms with Crippen molar-refractivity contribution in [3.8, 4) is 11.1 Å². The number of fused-ring (bicyclic) bond motifs is 2. The molecule has 2 aromatic carbocycles. The molecule has 256 valence electrons. The molecule has 0 aliphatic carbocycles. The fourth-order valence-corrected chi connectivity index (χ4v) is 7.83. The molecule has 48 heavy (non-hydrogen) atoms. The Kier molecular flexibility index (Phi) is 9.21. The third-order valence-corrected chi connectivity index (χ3v) is 11.0. The number of unbranched alkanes of at least 4 members (excludes halogenated alkanes) is 3. The largest absolute Gasteiger partial charge is 0.446 e. The molecule has 1 spiro atoms. The van der Waals surface area contributed by atoms with E-state index in [1.807, 2.05) is 32.0 Å². The number of esters is 1. The number of aromatic nitrogens is 4. The number of H-pyrrole nitrogens is 1. The lowest BCUT2D eigenvalue weighted by Gasteiger charge is -2.47. The highest BCUT2D eigenvalue weighted by Gasteiger charge is 2.54. The first-order valence-corrected chi connectivity index (χ1v) is 17.8. The minimum absolute atomic E-state index is 0.133. The smallest absolute Gasteiger partial charge is 0.310 e. The van der Waals surface area contributed by atoms with Gasteiger partial charge in [-0.3, -0.25) is 15.2 Å². The third kappa shape index (κ3) is 5.98. The second-order valence-electron chi connectivity index (χ2n) is 14.2. The van der Waals surface area contributed by atoms with Crippen LogP contribution in [0.3, 0.4) is 0 Å². The van der Waals surface area contributed by atoms with Gasteiger partial charge in [-0.25, -0.2) is 9.37 Å². The molecule has 2 N–H and O–H groups in total. The Hall–Kier alpha value is -3.54. The molecule has 3 unspecified atom stereocenters. The SMILES string of the molecule is CCCCCCC(C)C(=O)OC1NCC12CCN(c1nc(N3CCN(C)CC3)nc3c(F)c(-c4c(C)ccc5[nH]ncc45)c(Cl)cc13)C2. The summed E-state index contributed by atoms with van der Waals surface area (Å²) in [7, 11) is 2.10. The van der Waals surface area contributed by atoms with Crippen molar-refractivity contribution in [1.29, 1.82) is 0 Å². The quantitative estimate of drug-likeness (QED) is 0.148. The fourth-order valence-electron chi connectivity index (χ4n) is 7.55. The Labute approximate surface area is 286 Å². The molecule has 7 rings (SSSR count). The molecule has 4 aromatic rings. The summed E-state index contributed by atoms with van der Waals surface area (Å²) in [5.41, 5.74) is 2.74. The Balaban J connectivity index is 1.23. The number of nitrogens with zero attached hydrogens (tertiary/aromatic N) is 6. The van der Waals surface area contributed by atoms with E-state index in [1.165, 1.54) is 12.8 Å². The lowest BCUT2D eigenvalue weighted by atomic mass is 9.78. The van der Waals surface area contributed by atoms with Crippen LogP contribution in [0, 0.1) is 24.1 Å². The van der Waals surface area contributed by atoms with Crippen LogP contribution in [-0.2, 0) is 9.53 Å². The second kappa shape index (κ2) is 13.4. The van der Waals surface area contributed by atoms with Crippen molar-refractivity contribution >= 4 is 51.1 Å². The van der Waals surface area contributed by atoms with E-state index in [1.54, 1.807) is 6.20 Å². The Bertz CT molecular complexity index is 1830. The summed E-state index contributed by atoms with van der Waals surface area (Å²) < 4.78 is 23.1. The molecular formula is C36H46ClFN8O2. The normalized spacial score (nSPS) is 22.2. The molecule has 0 bridgehead atoms. The number of ether oxygens (including phenoxy) is 1. The van der Waals surface area contributed by atoms with Gasteiger partial charge in [-0.15, -0.1) is 0 Å². The first-order valence-electron chi connectivity index (χ1n) is 17.4. The van der Waals surface area contributed by atoms with Gasteiger partial charge in [-0.1, -0.05) is 57.2 Å². The van der Waals surface area contributed by atoms with E-state index < -0.39 is 5.82 Å². The summed E-state index contributed by atoms with van der Waals surface area (Å²) in [5, 5.41) is 12.3. The molecule has 3 fully saturated rings. The molecule has 0 amide bonds. The molecule has 12 heteroatoms. The lowest BCUT2D eigenvalue weighted by Crippen LogP contribution is -2.65. The van der Waals surface area contributed by atoms with Crippen LogP contribution >= 0.6 is 11.6 Å². The van der Waals surface area contributed by atoms with Gasteiger partial charge in [0.05, 0.1) is 28.1 Å². The van der Waals surface area contributed by atoms with Gasteiger partial charge in [0.15, 0.2) is 12.0 Å². The van der Waals surface area contributed by atoms with Crippen molar-refractivity contribution in [3.05, 3.63) is 40.8 Å². The number of carbonyl (C=O) groups is 1. The lowest BCUT2D eigenvalue weighted by molar-refractivity contribution is -0.174. The van der Waals surface area contributed by atoms with Crippen molar-refractivity contribution in [2.24, 2.45) is 11.3 Å². The number of likely N-dealkylation sites (N-methyl/N-ethyl adjacent to an activating group) is 1. The molecule has 3 aliphatic rings. The Morgan fingerprint density at radius 1 is 1.10 bits per heavy atom. The summed E-state index contributed by atoms with van der Waals surface area (Å²) in [5.74, 6) is 0.441. The highest BCUT2D eigenvalue weighted by Crippen LogP contribution is 2.46. The standard InChI is InChI=1S/C36H46ClFN8O2/c1-5-6-7-8-9-23(3)33(47)48-34-36(20-39-34)12-13-46(21-36)32-24-18-26(37)29(28-22(2)10-11-27-25(28)19-40-43-27)30(38)31(24)41-35(42-32)45-16-14-44(4)15-17-45/h10-11,18-19,23,34,39H,5-9,12-17,20-21H2,1-4H3,(H,40,43). The van der Waals surface area contributed by atoms with E-state index >= 15 is 4.39 Å². The van der Waals surface area contributed by atoms with E-state index in [4.69, 9.17) is 26.3 Å². The van der Waals surface area contributed by atoms with Gasteiger partial charge in [-0.2, -0.15) is 10.1 Å². The number of aromatic amines is 1. The van der Waals surface area contributed by atoms with E-state index in [9.17, 15) is 4.79 Å². The van der Waals surface area contributed by atoms with Gasteiger partial charge in [0.25, 0.3) is 0 Å². The maximum Gasteiger partial charge on any atom is 0.310 e. The summed E-state index contributed by atoms with van der Waals surface area (Å²) in [6.07, 6.45) is 7.57. The number of nitrogens with one attached hydrogen (secondary N) is 2. The molecule has 0 saturated carbocycles. The number of aryl methyl sites for hydroxylation is 1. The maximum absolute atomic E-state index is 17.0. The van der Waals surface area contributed by atoms with Crippen molar-refractivity contribution in [1.82, 2.24) is 30.4 Å². The second-order valence-corrected chi connectivity index (χ2v) is 14.6. The topological polar surface area (TPSA) is 103 Å². The molecule has 2 aromatic heterocycles. The molecule has 0 radical (unpaired) electrons. The minimum Gasteiger partial charge on any atom is -0.446 e.